The molecule has 0 unspecified atom stereocenters. The van der Waals surface area contributed by atoms with Crippen LogP contribution >= 0.6 is 0 Å². The molecule has 4 heteroatoms. The third-order valence-electron chi connectivity index (χ3n) is 2.13. The summed E-state index contributed by atoms with van der Waals surface area (Å²) in [4.78, 5) is 10.7. The number of ether oxygens (including phenoxy) is 2. The lowest BCUT2D eigenvalue weighted by Gasteiger charge is -2.05. The second kappa shape index (κ2) is 2.46. The molecule has 0 amide bonds. The standard InChI is InChI=1S/C7H10O4/c8-3-4-1-5-6(10-4)2-7(9)11-5/h4-6,8H,1-3H2/t4-,5+,6+/m1/s1. The predicted molar refractivity (Wildman–Crippen MR) is 34.9 cm³/mol. The van der Waals surface area contributed by atoms with E-state index in [1.807, 2.05) is 0 Å². The zero-order valence-electron chi connectivity index (χ0n) is 6.03. The van der Waals surface area contributed by atoms with Crippen molar-refractivity contribution in [3.8, 4) is 0 Å². The normalized spacial score (nSPS) is 42.3. The van der Waals surface area contributed by atoms with Crippen molar-refractivity contribution in [1.29, 1.82) is 0 Å². The van der Waals surface area contributed by atoms with Crippen molar-refractivity contribution in [3.05, 3.63) is 0 Å². The van der Waals surface area contributed by atoms with Gasteiger partial charge in [0.15, 0.2) is 0 Å². The molecule has 0 bridgehead atoms. The van der Waals surface area contributed by atoms with Crippen molar-refractivity contribution in [2.45, 2.75) is 31.2 Å². The van der Waals surface area contributed by atoms with Gasteiger partial charge in [0.05, 0.1) is 19.1 Å². The maximum Gasteiger partial charge on any atom is 0.308 e. The van der Waals surface area contributed by atoms with Crippen molar-refractivity contribution in [2.24, 2.45) is 0 Å². The van der Waals surface area contributed by atoms with Crippen LogP contribution in [0.1, 0.15) is 12.8 Å². The van der Waals surface area contributed by atoms with E-state index in [9.17, 15) is 4.79 Å². The second-order valence-electron chi connectivity index (χ2n) is 2.95. The van der Waals surface area contributed by atoms with Crippen LogP contribution in [-0.2, 0) is 14.3 Å². The molecule has 1 N–H and O–H groups in total. The number of hydrogen-bond donors (Lipinski definition) is 1. The molecule has 0 aromatic heterocycles. The highest BCUT2D eigenvalue weighted by Crippen LogP contribution is 2.30. The molecule has 4 nitrogen and oxygen atoms in total. The van der Waals surface area contributed by atoms with Gasteiger partial charge in [-0.3, -0.25) is 4.79 Å². The summed E-state index contributed by atoms with van der Waals surface area (Å²) < 4.78 is 10.3. The van der Waals surface area contributed by atoms with E-state index < -0.39 is 0 Å². The van der Waals surface area contributed by atoms with Gasteiger partial charge in [0.25, 0.3) is 0 Å². The summed E-state index contributed by atoms with van der Waals surface area (Å²) in [6.45, 7) is 0.0184. The lowest BCUT2D eigenvalue weighted by atomic mass is 10.1. The van der Waals surface area contributed by atoms with Gasteiger partial charge in [-0.2, -0.15) is 0 Å². The van der Waals surface area contributed by atoms with E-state index in [-0.39, 0.29) is 30.9 Å². The SMILES string of the molecule is O=C1C[C@@H]2O[C@@H](CO)C[C@@H]2O1. The average Bonchev–Trinajstić information content (AvgIpc) is 2.43. The van der Waals surface area contributed by atoms with Crippen molar-refractivity contribution in [3.63, 3.8) is 0 Å². The fraction of sp³-hybridized carbons (Fsp3) is 0.857. The first kappa shape index (κ1) is 7.06. The van der Waals surface area contributed by atoms with Crippen molar-refractivity contribution in [1.82, 2.24) is 0 Å². The first-order valence-corrected chi connectivity index (χ1v) is 3.75. The quantitative estimate of drug-likeness (QED) is 0.520. The van der Waals surface area contributed by atoms with E-state index in [1.165, 1.54) is 0 Å². The topological polar surface area (TPSA) is 55.8 Å². The Kier molecular flexibility index (Phi) is 1.58. The summed E-state index contributed by atoms with van der Waals surface area (Å²) in [5, 5.41) is 8.72. The molecule has 0 spiro atoms. The van der Waals surface area contributed by atoms with E-state index in [4.69, 9.17) is 14.6 Å². The lowest BCUT2D eigenvalue weighted by molar-refractivity contribution is -0.141. The molecule has 2 fully saturated rings. The molecule has 2 heterocycles. The van der Waals surface area contributed by atoms with Crippen molar-refractivity contribution < 1.29 is 19.4 Å². The van der Waals surface area contributed by atoms with Crippen molar-refractivity contribution >= 4 is 5.97 Å². The number of aliphatic hydroxyl groups is 1. The Morgan fingerprint density at radius 2 is 2.36 bits per heavy atom. The summed E-state index contributed by atoms with van der Waals surface area (Å²) >= 11 is 0. The van der Waals surface area contributed by atoms with Crippen LogP contribution in [-0.4, -0.2) is 36.0 Å². The van der Waals surface area contributed by atoms with E-state index in [0.29, 0.717) is 12.8 Å². The summed E-state index contributed by atoms with van der Waals surface area (Å²) in [7, 11) is 0. The maximum absolute atomic E-state index is 10.7. The molecule has 0 saturated carbocycles. The molecule has 0 aromatic rings. The van der Waals surface area contributed by atoms with Gasteiger partial charge in [-0.1, -0.05) is 0 Å². The molecule has 62 valence electrons. The Morgan fingerprint density at radius 3 is 3.00 bits per heavy atom. The van der Waals surface area contributed by atoms with Gasteiger partial charge in [-0.05, 0) is 0 Å². The molecule has 3 atom stereocenters. The molecule has 2 aliphatic heterocycles. The molecule has 11 heavy (non-hydrogen) atoms. The summed E-state index contributed by atoms with van der Waals surface area (Å²) in [5.41, 5.74) is 0. The fourth-order valence-electron chi connectivity index (χ4n) is 1.60. The summed E-state index contributed by atoms with van der Waals surface area (Å²) in [5.74, 6) is -0.184. The fourth-order valence-corrected chi connectivity index (χ4v) is 1.60. The van der Waals surface area contributed by atoms with Gasteiger partial charge in [-0.25, -0.2) is 0 Å². The highest BCUT2D eigenvalue weighted by atomic mass is 16.6. The van der Waals surface area contributed by atoms with Gasteiger partial charge < -0.3 is 14.6 Å². The number of rotatable bonds is 1. The largest absolute Gasteiger partial charge is 0.459 e. The molecule has 2 aliphatic rings. The molecule has 0 radical (unpaired) electrons. The van der Waals surface area contributed by atoms with Gasteiger partial charge >= 0.3 is 5.97 Å². The van der Waals surface area contributed by atoms with Crippen molar-refractivity contribution in [2.75, 3.05) is 6.61 Å². The second-order valence-corrected chi connectivity index (χ2v) is 2.95. The average molecular weight is 158 g/mol. The van der Waals surface area contributed by atoms with Crippen LogP contribution in [0.25, 0.3) is 0 Å². The van der Waals surface area contributed by atoms with Gasteiger partial charge in [-0.15, -0.1) is 0 Å². The first-order valence-electron chi connectivity index (χ1n) is 3.75. The minimum atomic E-state index is -0.184. The van der Waals surface area contributed by atoms with Crippen LogP contribution in [0.5, 0.6) is 0 Å². The monoisotopic (exact) mass is 158 g/mol. The Bertz CT molecular complexity index is 163. The molecule has 2 saturated heterocycles. The Labute approximate surface area is 64.1 Å². The number of carbonyl (C=O) groups is 1. The molecule has 0 aliphatic carbocycles. The van der Waals surface area contributed by atoms with Crippen LogP contribution < -0.4 is 0 Å². The Balaban J connectivity index is 1.98. The van der Waals surface area contributed by atoms with Crippen LogP contribution in [0, 0.1) is 0 Å². The third-order valence-corrected chi connectivity index (χ3v) is 2.13. The zero-order valence-corrected chi connectivity index (χ0v) is 6.03. The van der Waals surface area contributed by atoms with Gasteiger partial charge in [0, 0.05) is 6.42 Å². The van der Waals surface area contributed by atoms with E-state index in [1.54, 1.807) is 0 Å². The predicted octanol–water partition coefficient (Wildman–Crippen LogP) is -0.548. The number of carbonyl (C=O) groups excluding carboxylic acids is 1. The minimum absolute atomic E-state index is 0.0184. The lowest BCUT2D eigenvalue weighted by Crippen LogP contribution is -2.15. The molecule has 0 aromatic carbocycles. The van der Waals surface area contributed by atoms with E-state index >= 15 is 0 Å². The van der Waals surface area contributed by atoms with Crippen LogP contribution in [0.3, 0.4) is 0 Å². The number of aliphatic hydroxyl groups excluding tert-OH is 1. The Hall–Kier alpha value is -0.610. The van der Waals surface area contributed by atoms with Crippen LogP contribution in [0.15, 0.2) is 0 Å². The van der Waals surface area contributed by atoms with E-state index in [0.717, 1.165) is 0 Å². The van der Waals surface area contributed by atoms with E-state index in [2.05, 4.69) is 0 Å². The number of esters is 1. The number of fused-ring (bicyclic) bond motifs is 1. The zero-order chi connectivity index (χ0) is 7.84. The highest BCUT2D eigenvalue weighted by molar-refractivity contribution is 5.72. The smallest absolute Gasteiger partial charge is 0.308 e. The molecular weight excluding hydrogens is 148 g/mol. The summed E-state index contributed by atoms with van der Waals surface area (Å²) in [6.07, 6.45) is 0.672. The summed E-state index contributed by atoms with van der Waals surface area (Å²) in [6, 6.07) is 0. The molecular formula is C7H10O4. The maximum atomic E-state index is 10.7. The Morgan fingerprint density at radius 1 is 1.55 bits per heavy atom. The number of hydrogen-bond acceptors (Lipinski definition) is 4. The van der Waals surface area contributed by atoms with Crippen LogP contribution in [0.2, 0.25) is 0 Å². The van der Waals surface area contributed by atoms with Gasteiger partial charge in [0.2, 0.25) is 0 Å². The molecule has 2 rings (SSSR count). The van der Waals surface area contributed by atoms with Gasteiger partial charge in [0.1, 0.15) is 12.2 Å². The third kappa shape index (κ3) is 1.12. The highest BCUT2D eigenvalue weighted by Gasteiger charge is 2.43. The van der Waals surface area contributed by atoms with Crippen LogP contribution in [0.4, 0.5) is 0 Å². The first-order chi connectivity index (χ1) is 5.29. The minimum Gasteiger partial charge on any atom is -0.459 e.